The summed E-state index contributed by atoms with van der Waals surface area (Å²) in [7, 11) is 1.62. The number of benzene rings is 2. The van der Waals surface area contributed by atoms with Crippen molar-refractivity contribution >= 4 is 28.3 Å². The maximum absolute atomic E-state index is 11.6. The summed E-state index contributed by atoms with van der Waals surface area (Å²) in [5.41, 5.74) is 3.44. The van der Waals surface area contributed by atoms with Crippen LogP contribution in [0.5, 0.6) is 17.2 Å². The zero-order valence-corrected chi connectivity index (χ0v) is 19.9. The van der Waals surface area contributed by atoms with Crippen molar-refractivity contribution in [2.24, 2.45) is 0 Å². The van der Waals surface area contributed by atoms with E-state index in [0.29, 0.717) is 23.9 Å². The molecule has 4 rings (SSSR count). The Morgan fingerprint density at radius 2 is 1.91 bits per heavy atom. The first kappa shape index (κ1) is 23.9. The number of ether oxygens (including phenoxy) is 2. The molecule has 0 aliphatic carbocycles. The Hall–Kier alpha value is -4.24. The van der Waals surface area contributed by atoms with Gasteiger partial charge in [-0.25, -0.2) is 9.97 Å². The van der Waals surface area contributed by atoms with Crippen LogP contribution in [0.15, 0.2) is 61.1 Å². The van der Waals surface area contributed by atoms with Gasteiger partial charge in [-0.05, 0) is 61.9 Å². The predicted octanol–water partition coefficient (Wildman–Crippen LogP) is 4.01. The van der Waals surface area contributed by atoms with E-state index in [1.54, 1.807) is 13.2 Å². The molecule has 2 aromatic heterocycles. The highest BCUT2D eigenvalue weighted by Gasteiger charge is 2.13. The van der Waals surface area contributed by atoms with Crippen molar-refractivity contribution < 1.29 is 19.4 Å². The van der Waals surface area contributed by atoms with Crippen LogP contribution in [0.4, 0.5) is 11.5 Å². The summed E-state index contributed by atoms with van der Waals surface area (Å²) >= 11 is 0. The Kier molecular flexibility index (Phi) is 7.37. The van der Waals surface area contributed by atoms with E-state index >= 15 is 0 Å². The molecular weight excluding hydrogens is 446 g/mol. The number of nitrogens with one attached hydrogen (secondary N) is 1. The molecule has 0 aliphatic heterocycles. The number of amides is 1. The number of fused-ring (bicyclic) bond motifs is 1. The molecule has 4 aromatic rings. The third kappa shape index (κ3) is 5.82. The van der Waals surface area contributed by atoms with Gasteiger partial charge in [0.15, 0.2) is 0 Å². The van der Waals surface area contributed by atoms with Crippen LogP contribution in [0.2, 0.25) is 0 Å². The SMILES string of the molecule is Cc1ccc(Oc2ccc(Nc3ncnc4cccc(OCCN(C)C(=O)CO)c34)cc2C)cn1. The fourth-order valence-electron chi connectivity index (χ4n) is 3.45. The van der Waals surface area contributed by atoms with Crippen LogP contribution in [0.25, 0.3) is 10.9 Å². The molecule has 0 spiro atoms. The predicted molar refractivity (Wildman–Crippen MR) is 133 cm³/mol. The van der Waals surface area contributed by atoms with Crippen molar-refractivity contribution in [1.82, 2.24) is 19.9 Å². The molecule has 0 aliphatic rings. The van der Waals surface area contributed by atoms with Crippen LogP contribution in [0.3, 0.4) is 0 Å². The fraction of sp³-hybridized carbons (Fsp3) is 0.231. The van der Waals surface area contributed by atoms with Crippen LogP contribution in [0.1, 0.15) is 11.3 Å². The number of hydrogen-bond donors (Lipinski definition) is 2. The highest BCUT2D eigenvalue weighted by molar-refractivity contribution is 5.95. The second-order valence-electron chi connectivity index (χ2n) is 8.04. The normalized spacial score (nSPS) is 10.7. The lowest BCUT2D eigenvalue weighted by atomic mass is 10.1. The summed E-state index contributed by atoms with van der Waals surface area (Å²) in [6.45, 7) is 3.97. The molecule has 2 N–H and O–H groups in total. The number of pyridine rings is 1. The number of carbonyl (C=O) groups excluding carboxylic acids is 1. The van der Waals surface area contributed by atoms with Gasteiger partial charge in [-0.15, -0.1) is 0 Å². The molecule has 9 nitrogen and oxygen atoms in total. The van der Waals surface area contributed by atoms with E-state index in [1.165, 1.54) is 11.2 Å². The van der Waals surface area contributed by atoms with E-state index < -0.39 is 6.61 Å². The summed E-state index contributed by atoms with van der Waals surface area (Å²) in [6.07, 6.45) is 3.20. The molecule has 180 valence electrons. The van der Waals surface area contributed by atoms with Crippen molar-refractivity contribution in [3.8, 4) is 17.2 Å². The van der Waals surface area contributed by atoms with Crippen molar-refractivity contribution in [3.05, 3.63) is 72.3 Å². The van der Waals surface area contributed by atoms with Crippen LogP contribution < -0.4 is 14.8 Å². The average Bonchev–Trinajstić information content (AvgIpc) is 2.86. The van der Waals surface area contributed by atoms with Crippen LogP contribution in [-0.2, 0) is 4.79 Å². The summed E-state index contributed by atoms with van der Waals surface area (Å²) < 4.78 is 11.9. The van der Waals surface area contributed by atoms with Gasteiger partial charge in [0, 0.05) is 18.4 Å². The number of carbonyl (C=O) groups is 1. The number of hydrogen-bond acceptors (Lipinski definition) is 8. The van der Waals surface area contributed by atoms with E-state index in [9.17, 15) is 4.79 Å². The summed E-state index contributed by atoms with van der Waals surface area (Å²) in [5, 5.41) is 13.1. The largest absolute Gasteiger partial charge is 0.491 e. The molecule has 9 heteroatoms. The molecule has 35 heavy (non-hydrogen) atoms. The monoisotopic (exact) mass is 473 g/mol. The molecule has 1 amide bonds. The minimum Gasteiger partial charge on any atom is -0.491 e. The molecule has 0 fully saturated rings. The number of likely N-dealkylation sites (N-methyl/N-ethyl adjacent to an activating group) is 1. The Morgan fingerprint density at radius 3 is 2.66 bits per heavy atom. The molecule has 0 saturated heterocycles. The maximum Gasteiger partial charge on any atom is 0.248 e. The van der Waals surface area contributed by atoms with Gasteiger partial charge in [-0.3, -0.25) is 9.78 Å². The minimum atomic E-state index is -0.530. The van der Waals surface area contributed by atoms with Crippen LogP contribution in [0, 0.1) is 13.8 Å². The molecule has 0 unspecified atom stereocenters. The zero-order valence-electron chi connectivity index (χ0n) is 19.9. The van der Waals surface area contributed by atoms with Gasteiger partial charge < -0.3 is 24.8 Å². The zero-order chi connectivity index (χ0) is 24.8. The number of rotatable bonds is 9. The molecule has 0 saturated carbocycles. The second kappa shape index (κ2) is 10.8. The van der Waals surface area contributed by atoms with Gasteiger partial charge in [0.25, 0.3) is 0 Å². The number of aliphatic hydroxyl groups excluding tert-OH is 1. The number of nitrogens with zero attached hydrogens (tertiary/aromatic N) is 4. The van der Waals surface area contributed by atoms with E-state index in [4.69, 9.17) is 14.6 Å². The van der Waals surface area contributed by atoms with Crippen molar-refractivity contribution in [2.75, 3.05) is 32.1 Å². The third-order valence-corrected chi connectivity index (χ3v) is 5.42. The topological polar surface area (TPSA) is 110 Å². The molecule has 0 atom stereocenters. The Morgan fingerprint density at radius 1 is 1.06 bits per heavy atom. The standard InChI is InChI=1S/C26H27N5O4/c1-17-13-19(8-10-22(17)35-20-9-7-18(2)27-14-20)30-26-25-21(28-16-29-26)5-4-6-23(25)34-12-11-31(3)24(33)15-32/h4-10,13-14,16,32H,11-12,15H2,1-3H3,(H,28,29,30). The fourth-order valence-corrected chi connectivity index (χ4v) is 3.45. The average molecular weight is 474 g/mol. The number of anilines is 2. The summed E-state index contributed by atoms with van der Waals surface area (Å²) in [4.78, 5) is 26.0. The third-order valence-electron chi connectivity index (χ3n) is 5.42. The smallest absolute Gasteiger partial charge is 0.248 e. The van der Waals surface area contributed by atoms with Gasteiger partial charge in [-0.1, -0.05) is 6.07 Å². The Labute approximate surface area is 203 Å². The lowest BCUT2D eigenvalue weighted by molar-refractivity contribution is -0.133. The summed E-state index contributed by atoms with van der Waals surface area (Å²) in [6, 6.07) is 15.2. The van der Waals surface area contributed by atoms with E-state index in [1.807, 2.05) is 62.4 Å². The van der Waals surface area contributed by atoms with E-state index in [-0.39, 0.29) is 12.5 Å². The number of aliphatic hydroxyl groups is 1. The highest BCUT2D eigenvalue weighted by atomic mass is 16.5. The number of aryl methyl sites for hydroxylation is 2. The van der Waals surface area contributed by atoms with E-state index in [0.717, 1.165) is 33.6 Å². The van der Waals surface area contributed by atoms with Crippen molar-refractivity contribution in [2.45, 2.75) is 13.8 Å². The maximum atomic E-state index is 11.6. The first-order valence-corrected chi connectivity index (χ1v) is 11.1. The van der Waals surface area contributed by atoms with Crippen LogP contribution in [-0.4, -0.2) is 57.7 Å². The number of aromatic nitrogens is 3. The van der Waals surface area contributed by atoms with Gasteiger partial charge in [0.05, 0.1) is 23.6 Å². The molecule has 2 aromatic carbocycles. The Bertz CT molecular complexity index is 1320. The lowest BCUT2D eigenvalue weighted by Gasteiger charge is -2.17. The lowest BCUT2D eigenvalue weighted by Crippen LogP contribution is -2.32. The van der Waals surface area contributed by atoms with Gasteiger partial charge in [0.2, 0.25) is 5.91 Å². The first-order valence-electron chi connectivity index (χ1n) is 11.1. The highest BCUT2D eigenvalue weighted by Crippen LogP contribution is 2.33. The van der Waals surface area contributed by atoms with Crippen molar-refractivity contribution in [1.29, 1.82) is 0 Å². The quantitative estimate of drug-likeness (QED) is 0.375. The molecule has 2 heterocycles. The van der Waals surface area contributed by atoms with Crippen LogP contribution >= 0.6 is 0 Å². The van der Waals surface area contributed by atoms with Gasteiger partial charge in [-0.2, -0.15) is 0 Å². The van der Waals surface area contributed by atoms with E-state index in [2.05, 4.69) is 20.3 Å². The minimum absolute atomic E-state index is 0.259. The van der Waals surface area contributed by atoms with Gasteiger partial charge >= 0.3 is 0 Å². The first-order chi connectivity index (χ1) is 16.9. The van der Waals surface area contributed by atoms with Gasteiger partial charge in [0.1, 0.15) is 42.6 Å². The summed E-state index contributed by atoms with van der Waals surface area (Å²) in [5.74, 6) is 2.24. The molecule has 0 bridgehead atoms. The molecular formula is C26H27N5O4. The van der Waals surface area contributed by atoms with Crippen molar-refractivity contribution in [3.63, 3.8) is 0 Å². The Balaban J connectivity index is 1.53. The second-order valence-corrected chi connectivity index (χ2v) is 8.04. The molecule has 0 radical (unpaired) electrons.